The maximum absolute atomic E-state index is 3.24. The minimum atomic E-state index is -1.20. The number of hydrogen-bond acceptors (Lipinski definition) is 0. The van der Waals surface area contributed by atoms with E-state index in [1.165, 1.54) is 10.8 Å². The Bertz CT molecular complexity index is 617. The number of hydrogen-bond donors (Lipinski definition) is 0. The summed E-state index contributed by atoms with van der Waals surface area (Å²) in [7, 11) is -1.20. The minimum absolute atomic E-state index is 1.08. The maximum atomic E-state index is 3.24. The highest BCUT2D eigenvalue weighted by Gasteiger charge is 2.15. The molecule has 0 heterocycles. The predicted octanol–water partition coefficient (Wildman–Crippen LogP) is 4.19. The van der Waals surface area contributed by atoms with Crippen LogP contribution in [0.2, 0.25) is 19.6 Å². The summed E-state index contributed by atoms with van der Waals surface area (Å²) < 4.78 is 0. The summed E-state index contributed by atoms with van der Waals surface area (Å²) in [5.74, 6) is 6.47. The highest BCUT2D eigenvalue weighted by molar-refractivity contribution is 6.88. The lowest BCUT2D eigenvalue weighted by molar-refractivity contribution is 1.14. The standard InChI is InChI=1S/C19H22Si/c1-5-16-6-8-17(9-7-16)10-11-18-12-14-19(15-13-18)20(2,3)4/h6-9,12-15H,5H2,1-4H3. The molecular formula is C19H22Si. The number of aryl methyl sites for hydroxylation is 1. The van der Waals surface area contributed by atoms with Crippen LogP contribution < -0.4 is 5.19 Å². The molecule has 0 N–H and O–H groups in total. The quantitative estimate of drug-likeness (QED) is 0.571. The summed E-state index contributed by atoms with van der Waals surface area (Å²) >= 11 is 0. The van der Waals surface area contributed by atoms with Gasteiger partial charge in [-0.15, -0.1) is 0 Å². The molecule has 2 aromatic carbocycles. The Balaban J connectivity index is 2.16. The summed E-state index contributed by atoms with van der Waals surface area (Å²) in [5, 5.41) is 1.48. The van der Waals surface area contributed by atoms with E-state index in [9.17, 15) is 0 Å². The number of benzene rings is 2. The summed E-state index contributed by atoms with van der Waals surface area (Å²) in [6.07, 6.45) is 1.08. The minimum Gasteiger partial charge on any atom is -0.0656 e. The molecule has 0 fully saturated rings. The Kier molecular flexibility index (Phi) is 4.47. The molecule has 20 heavy (non-hydrogen) atoms. The average Bonchev–Trinajstić information content (AvgIpc) is 2.45. The molecule has 2 rings (SSSR count). The molecule has 2 aromatic rings. The molecule has 102 valence electrons. The summed E-state index contributed by atoms with van der Waals surface area (Å²) in [4.78, 5) is 0. The SMILES string of the molecule is CCc1ccc(C#Cc2ccc([Si](C)(C)C)cc2)cc1. The van der Waals surface area contributed by atoms with E-state index in [-0.39, 0.29) is 0 Å². The van der Waals surface area contributed by atoms with E-state index < -0.39 is 8.07 Å². The van der Waals surface area contributed by atoms with Gasteiger partial charge in [0.15, 0.2) is 0 Å². The molecule has 0 unspecified atom stereocenters. The van der Waals surface area contributed by atoms with Gasteiger partial charge in [-0.3, -0.25) is 0 Å². The monoisotopic (exact) mass is 278 g/mol. The van der Waals surface area contributed by atoms with Crippen LogP contribution in [0.1, 0.15) is 23.6 Å². The van der Waals surface area contributed by atoms with Gasteiger partial charge in [0.2, 0.25) is 0 Å². The summed E-state index contributed by atoms with van der Waals surface area (Å²) in [6, 6.07) is 17.2. The molecular weight excluding hydrogens is 256 g/mol. The molecule has 0 saturated carbocycles. The first-order valence-electron chi connectivity index (χ1n) is 7.20. The lowest BCUT2D eigenvalue weighted by atomic mass is 10.1. The molecule has 0 saturated heterocycles. The van der Waals surface area contributed by atoms with E-state index in [0.29, 0.717) is 0 Å². The van der Waals surface area contributed by atoms with Crippen molar-refractivity contribution in [2.75, 3.05) is 0 Å². The van der Waals surface area contributed by atoms with Gasteiger partial charge in [0.25, 0.3) is 0 Å². The van der Waals surface area contributed by atoms with Crippen LogP contribution in [-0.4, -0.2) is 8.07 Å². The van der Waals surface area contributed by atoms with Crippen molar-refractivity contribution in [3.05, 3.63) is 65.2 Å². The lowest BCUT2D eigenvalue weighted by Crippen LogP contribution is -2.37. The van der Waals surface area contributed by atoms with Crippen molar-refractivity contribution in [2.45, 2.75) is 33.0 Å². The fourth-order valence-electron chi connectivity index (χ4n) is 2.02. The molecule has 0 amide bonds. The molecule has 0 spiro atoms. The van der Waals surface area contributed by atoms with E-state index in [4.69, 9.17) is 0 Å². The Morgan fingerprint density at radius 2 is 1.20 bits per heavy atom. The second kappa shape index (κ2) is 6.11. The first-order valence-corrected chi connectivity index (χ1v) is 10.7. The van der Waals surface area contributed by atoms with Crippen LogP contribution in [0.25, 0.3) is 0 Å². The van der Waals surface area contributed by atoms with Crippen molar-refractivity contribution in [1.29, 1.82) is 0 Å². The topological polar surface area (TPSA) is 0 Å². The molecule has 0 bridgehead atoms. The Morgan fingerprint density at radius 3 is 1.60 bits per heavy atom. The van der Waals surface area contributed by atoms with Crippen molar-refractivity contribution >= 4 is 13.3 Å². The Morgan fingerprint density at radius 1 is 0.750 bits per heavy atom. The third-order valence-electron chi connectivity index (χ3n) is 3.46. The van der Waals surface area contributed by atoms with Gasteiger partial charge in [-0.25, -0.2) is 0 Å². The van der Waals surface area contributed by atoms with Gasteiger partial charge in [0.1, 0.15) is 0 Å². The smallest absolute Gasteiger partial charge is 0.0656 e. The van der Waals surface area contributed by atoms with Crippen molar-refractivity contribution in [3.63, 3.8) is 0 Å². The molecule has 0 radical (unpaired) electrons. The molecule has 0 aliphatic carbocycles. The lowest BCUT2D eigenvalue weighted by Gasteiger charge is -2.15. The van der Waals surface area contributed by atoms with Gasteiger partial charge in [0.05, 0.1) is 8.07 Å². The number of rotatable bonds is 2. The predicted molar refractivity (Wildman–Crippen MR) is 91.2 cm³/mol. The van der Waals surface area contributed by atoms with Gasteiger partial charge in [-0.05, 0) is 36.2 Å². The molecule has 0 atom stereocenters. The average molecular weight is 278 g/mol. The van der Waals surface area contributed by atoms with Crippen LogP contribution in [0.15, 0.2) is 48.5 Å². The van der Waals surface area contributed by atoms with Gasteiger partial charge >= 0.3 is 0 Å². The van der Waals surface area contributed by atoms with Crippen LogP contribution in [0.4, 0.5) is 0 Å². The molecule has 1 heteroatoms. The zero-order chi connectivity index (χ0) is 14.6. The van der Waals surface area contributed by atoms with Crippen LogP contribution >= 0.6 is 0 Å². The highest BCUT2D eigenvalue weighted by atomic mass is 28.3. The first-order chi connectivity index (χ1) is 9.49. The van der Waals surface area contributed by atoms with Crippen LogP contribution in [0, 0.1) is 11.8 Å². The van der Waals surface area contributed by atoms with Crippen LogP contribution in [0.3, 0.4) is 0 Å². The van der Waals surface area contributed by atoms with Crippen molar-refractivity contribution in [1.82, 2.24) is 0 Å². The van der Waals surface area contributed by atoms with Crippen molar-refractivity contribution in [3.8, 4) is 11.8 Å². The molecule has 0 aliphatic rings. The van der Waals surface area contributed by atoms with E-state index >= 15 is 0 Å². The summed E-state index contributed by atoms with van der Waals surface area (Å²) in [5.41, 5.74) is 3.53. The molecule has 0 aromatic heterocycles. The third kappa shape index (κ3) is 3.85. The Labute approximate surface area is 123 Å². The molecule has 0 aliphatic heterocycles. The van der Waals surface area contributed by atoms with Crippen molar-refractivity contribution in [2.24, 2.45) is 0 Å². The second-order valence-corrected chi connectivity index (χ2v) is 11.2. The zero-order valence-corrected chi connectivity index (χ0v) is 13.8. The zero-order valence-electron chi connectivity index (χ0n) is 12.8. The highest BCUT2D eigenvalue weighted by Crippen LogP contribution is 2.06. The van der Waals surface area contributed by atoms with E-state index in [1.807, 2.05) is 0 Å². The fourth-order valence-corrected chi connectivity index (χ4v) is 3.19. The van der Waals surface area contributed by atoms with Gasteiger partial charge < -0.3 is 0 Å². The first kappa shape index (κ1) is 14.6. The second-order valence-electron chi connectivity index (χ2n) is 6.13. The van der Waals surface area contributed by atoms with E-state index in [0.717, 1.165) is 17.5 Å². The Hall–Kier alpha value is -1.78. The van der Waals surface area contributed by atoms with Crippen LogP contribution in [0.5, 0.6) is 0 Å². The summed E-state index contributed by atoms with van der Waals surface area (Å²) in [6.45, 7) is 9.26. The fraction of sp³-hybridized carbons (Fsp3) is 0.263. The largest absolute Gasteiger partial charge is 0.0775 e. The van der Waals surface area contributed by atoms with Gasteiger partial charge in [0, 0.05) is 11.1 Å². The van der Waals surface area contributed by atoms with Gasteiger partial charge in [-0.2, -0.15) is 0 Å². The van der Waals surface area contributed by atoms with E-state index in [1.54, 1.807) is 0 Å². The molecule has 0 nitrogen and oxygen atoms in total. The maximum Gasteiger partial charge on any atom is 0.0775 e. The normalized spacial score (nSPS) is 10.8. The van der Waals surface area contributed by atoms with Gasteiger partial charge in [-0.1, -0.05) is 67.9 Å². The third-order valence-corrected chi connectivity index (χ3v) is 5.53. The van der Waals surface area contributed by atoms with E-state index in [2.05, 4.69) is 86.9 Å². The van der Waals surface area contributed by atoms with Crippen LogP contribution in [-0.2, 0) is 6.42 Å². The van der Waals surface area contributed by atoms with Crippen molar-refractivity contribution < 1.29 is 0 Å².